The molecule has 1 aliphatic rings. The van der Waals surface area contributed by atoms with Crippen molar-refractivity contribution in [2.24, 2.45) is 5.41 Å². The van der Waals surface area contributed by atoms with Gasteiger partial charge in [-0.15, -0.1) is 0 Å². The van der Waals surface area contributed by atoms with Gasteiger partial charge in [0.15, 0.2) is 0 Å². The number of hydrogen-bond acceptors (Lipinski definition) is 3. The SMILES string of the molecule is COCCCNC(=O)C(C)(C)C(=O)N1CCCC1. The average molecular weight is 256 g/mol. The summed E-state index contributed by atoms with van der Waals surface area (Å²) in [5.74, 6) is -0.264. The normalized spacial score (nSPS) is 15.8. The number of rotatable bonds is 6. The largest absolute Gasteiger partial charge is 0.385 e. The Morgan fingerprint density at radius 3 is 2.44 bits per heavy atom. The highest BCUT2D eigenvalue weighted by atomic mass is 16.5. The van der Waals surface area contributed by atoms with E-state index in [4.69, 9.17) is 4.74 Å². The average Bonchev–Trinajstić information content (AvgIpc) is 2.86. The van der Waals surface area contributed by atoms with Gasteiger partial charge in [0.25, 0.3) is 0 Å². The molecule has 0 atom stereocenters. The van der Waals surface area contributed by atoms with Crippen LogP contribution in [0, 0.1) is 5.41 Å². The van der Waals surface area contributed by atoms with Crippen LogP contribution in [0.2, 0.25) is 0 Å². The molecule has 1 aliphatic heterocycles. The Morgan fingerprint density at radius 1 is 1.28 bits per heavy atom. The lowest BCUT2D eigenvalue weighted by molar-refractivity contribution is -0.147. The van der Waals surface area contributed by atoms with Crippen LogP contribution < -0.4 is 5.32 Å². The van der Waals surface area contributed by atoms with Crippen molar-refractivity contribution in [2.45, 2.75) is 33.1 Å². The van der Waals surface area contributed by atoms with Crippen LogP contribution in [-0.2, 0) is 14.3 Å². The topological polar surface area (TPSA) is 58.6 Å². The quantitative estimate of drug-likeness (QED) is 0.564. The van der Waals surface area contributed by atoms with Crippen LogP contribution in [0.4, 0.5) is 0 Å². The van der Waals surface area contributed by atoms with E-state index in [1.165, 1.54) is 0 Å². The first-order chi connectivity index (χ1) is 8.50. The van der Waals surface area contributed by atoms with E-state index in [9.17, 15) is 9.59 Å². The zero-order valence-corrected chi connectivity index (χ0v) is 11.6. The first-order valence-electron chi connectivity index (χ1n) is 6.56. The van der Waals surface area contributed by atoms with Gasteiger partial charge >= 0.3 is 0 Å². The molecule has 0 aromatic heterocycles. The van der Waals surface area contributed by atoms with Crippen LogP contribution in [0.3, 0.4) is 0 Å². The molecular weight excluding hydrogens is 232 g/mol. The first-order valence-corrected chi connectivity index (χ1v) is 6.56. The number of methoxy groups -OCH3 is 1. The molecule has 104 valence electrons. The number of nitrogens with zero attached hydrogens (tertiary/aromatic N) is 1. The highest BCUT2D eigenvalue weighted by Gasteiger charge is 2.39. The van der Waals surface area contributed by atoms with E-state index < -0.39 is 5.41 Å². The molecule has 1 N–H and O–H groups in total. The van der Waals surface area contributed by atoms with Crippen LogP contribution in [-0.4, -0.2) is 50.1 Å². The van der Waals surface area contributed by atoms with Gasteiger partial charge in [-0.3, -0.25) is 9.59 Å². The standard InChI is InChI=1S/C13H24N2O3/c1-13(2,11(16)14-7-6-10-18-3)12(17)15-8-4-5-9-15/h4-10H2,1-3H3,(H,14,16). The third kappa shape index (κ3) is 3.70. The van der Waals surface area contributed by atoms with Gasteiger partial charge in [0.05, 0.1) is 0 Å². The molecule has 0 saturated carbocycles. The van der Waals surface area contributed by atoms with Crippen LogP contribution in [0.1, 0.15) is 33.1 Å². The smallest absolute Gasteiger partial charge is 0.237 e. The fraction of sp³-hybridized carbons (Fsp3) is 0.846. The van der Waals surface area contributed by atoms with Crippen molar-refractivity contribution in [1.82, 2.24) is 10.2 Å². The third-order valence-corrected chi connectivity index (χ3v) is 3.31. The first kappa shape index (κ1) is 15.0. The summed E-state index contributed by atoms with van der Waals surface area (Å²) in [6.45, 7) is 6.10. The second kappa shape index (κ2) is 6.73. The summed E-state index contributed by atoms with van der Waals surface area (Å²) in [5.41, 5.74) is -0.975. The highest BCUT2D eigenvalue weighted by Crippen LogP contribution is 2.22. The lowest BCUT2D eigenvalue weighted by Crippen LogP contribution is -2.49. The Kier molecular flexibility index (Phi) is 5.59. The zero-order chi connectivity index (χ0) is 13.6. The fourth-order valence-corrected chi connectivity index (χ4v) is 2.05. The number of carbonyl (C=O) groups excluding carboxylic acids is 2. The molecule has 0 spiro atoms. The van der Waals surface area contributed by atoms with Gasteiger partial charge < -0.3 is 15.0 Å². The van der Waals surface area contributed by atoms with Gasteiger partial charge in [0.1, 0.15) is 5.41 Å². The molecule has 1 saturated heterocycles. The molecule has 1 rings (SSSR count). The van der Waals surface area contributed by atoms with Crippen molar-refractivity contribution in [3.63, 3.8) is 0 Å². The summed E-state index contributed by atoms with van der Waals surface area (Å²) < 4.78 is 4.91. The molecule has 1 fully saturated rings. The van der Waals surface area contributed by atoms with E-state index >= 15 is 0 Å². The van der Waals surface area contributed by atoms with Crippen molar-refractivity contribution >= 4 is 11.8 Å². The lowest BCUT2D eigenvalue weighted by Gasteiger charge is -2.28. The molecule has 0 aliphatic carbocycles. The number of nitrogens with one attached hydrogen (secondary N) is 1. The number of carbonyl (C=O) groups is 2. The zero-order valence-electron chi connectivity index (χ0n) is 11.6. The van der Waals surface area contributed by atoms with E-state index in [2.05, 4.69) is 5.32 Å². The molecule has 0 unspecified atom stereocenters. The third-order valence-electron chi connectivity index (χ3n) is 3.31. The maximum Gasteiger partial charge on any atom is 0.237 e. The Morgan fingerprint density at radius 2 is 1.89 bits per heavy atom. The van der Waals surface area contributed by atoms with E-state index in [0.29, 0.717) is 13.2 Å². The molecule has 5 nitrogen and oxygen atoms in total. The van der Waals surface area contributed by atoms with Crippen LogP contribution >= 0.6 is 0 Å². The van der Waals surface area contributed by atoms with E-state index in [1.807, 2.05) is 0 Å². The second-order valence-corrected chi connectivity index (χ2v) is 5.23. The highest BCUT2D eigenvalue weighted by molar-refractivity contribution is 6.04. The Hall–Kier alpha value is -1.10. The van der Waals surface area contributed by atoms with Gasteiger partial charge in [0, 0.05) is 33.4 Å². The van der Waals surface area contributed by atoms with Crippen molar-refractivity contribution in [2.75, 3.05) is 33.4 Å². The van der Waals surface area contributed by atoms with Gasteiger partial charge in [-0.05, 0) is 33.1 Å². The fourth-order valence-electron chi connectivity index (χ4n) is 2.05. The maximum absolute atomic E-state index is 12.2. The predicted molar refractivity (Wildman–Crippen MR) is 69.1 cm³/mol. The number of ether oxygens (including phenoxy) is 1. The monoisotopic (exact) mass is 256 g/mol. The Bertz CT molecular complexity index is 297. The van der Waals surface area contributed by atoms with E-state index in [-0.39, 0.29) is 11.8 Å². The minimum absolute atomic E-state index is 0.0655. The summed E-state index contributed by atoms with van der Waals surface area (Å²) in [4.78, 5) is 26.1. The van der Waals surface area contributed by atoms with Gasteiger partial charge in [0.2, 0.25) is 11.8 Å². The molecule has 0 aromatic carbocycles. The minimum Gasteiger partial charge on any atom is -0.385 e. The maximum atomic E-state index is 12.2. The number of likely N-dealkylation sites (tertiary alicyclic amines) is 1. The molecule has 2 amide bonds. The van der Waals surface area contributed by atoms with Crippen LogP contribution in [0.5, 0.6) is 0 Å². The molecule has 0 bridgehead atoms. The van der Waals surface area contributed by atoms with Crippen molar-refractivity contribution in [3.8, 4) is 0 Å². The van der Waals surface area contributed by atoms with Crippen molar-refractivity contribution in [3.05, 3.63) is 0 Å². The van der Waals surface area contributed by atoms with Gasteiger partial charge in [-0.1, -0.05) is 0 Å². The molecule has 5 heteroatoms. The van der Waals surface area contributed by atoms with E-state index in [0.717, 1.165) is 32.4 Å². The summed E-state index contributed by atoms with van der Waals surface area (Å²) in [5, 5.41) is 2.80. The molecule has 1 heterocycles. The van der Waals surface area contributed by atoms with Gasteiger partial charge in [-0.25, -0.2) is 0 Å². The summed E-state index contributed by atoms with van der Waals surface area (Å²) in [7, 11) is 1.63. The van der Waals surface area contributed by atoms with Crippen molar-refractivity contribution in [1.29, 1.82) is 0 Å². The summed E-state index contributed by atoms with van der Waals surface area (Å²) >= 11 is 0. The Balaban J connectivity index is 2.45. The number of hydrogen-bond donors (Lipinski definition) is 1. The van der Waals surface area contributed by atoms with E-state index in [1.54, 1.807) is 25.9 Å². The van der Waals surface area contributed by atoms with Crippen LogP contribution in [0.15, 0.2) is 0 Å². The van der Waals surface area contributed by atoms with Crippen LogP contribution in [0.25, 0.3) is 0 Å². The number of amides is 2. The molecule has 18 heavy (non-hydrogen) atoms. The molecular formula is C13H24N2O3. The predicted octanol–water partition coefficient (Wildman–Crippen LogP) is 0.788. The van der Waals surface area contributed by atoms with Crippen molar-refractivity contribution < 1.29 is 14.3 Å². The molecule has 0 radical (unpaired) electrons. The van der Waals surface area contributed by atoms with Gasteiger partial charge in [-0.2, -0.15) is 0 Å². The second-order valence-electron chi connectivity index (χ2n) is 5.23. The summed E-state index contributed by atoms with van der Waals surface area (Å²) in [6, 6.07) is 0. The lowest BCUT2D eigenvalue weighted by atomic mass is 9.90. The molecule has 0 aromatic rings. The summed E-state index contributed by atoms with van der Waals surface area (Å²) in [6.07, 6.45) is 2.84. The minimum atomic E-state index is -0.975. The Labute approximate surface area is 109 Å².